The van der Waals surface area contributed by atoms with Gasteiger partial charge in [-0.1, -0.05) is 0 Å². The maximum atomic E-state index is 14.2. The van der Waals surface area contributed by atoms with Crippen molar-refractivity contribution in [1.29, 1.82) is 0 Å². The van der Waals surface area contributed by atoms with Crippen LogP contribution in [-0.2, 0) is 19.5 Å². The summed E-state index contributed by atoms with van der Waals surface area (Å²) in [5.74, 6) is -2.56. The van der Waals surface area contributed by atoms with Crippen molar-refractivity contribution in [2.24, 2.45) is 0 Å². The van der Waals surface area contributed by atoms with Crippen LogP contribution in [0.2, 0.25) is 0 Å². The first-order valence-electron chi connectivity index (χ1n) is 7.93. The molecule has 9 nitrogen and oxygen atoms in total. The number of carbonyl (C=O) groups is 2. The average molecular weight is 427 g/mol. The zero-order chi connectivity index (χ0) is 21.8. The second kappa shape index (κ2) is 8.78. The number of halogens is 1. The molecule has 2 aromatic carbocycles. The fourth-order valence-electron chi connectivity index (χ4n) is 2.40. The number of carbonyl (C=O) groups excluding carboxylic acids is 2. The monoisotopic (exact) mass is 427 g/mol. The van der Waals surface area contributed by atoms with Crippen molar-refractivity contribution in [3.8, 4) is 11.5 Å². The first-order chi connectivity index (χ1) is 13.7. The predicted molar refractivity (Wildman–Crippen MR) is 99.4 cm³/mol. The third kappa shape index (κ3) is 4.57. The van der Waals surface area contributed by atoms with Gasteiger partial charge in [-0.2, -0.15) is 0 Å². The second-order valence-corrected chi connectivity index (χ2v) is 7.14. The summed E-state index contributed by atoms with van der Waals surface area (Å²) < 4.78 is 61.3. The first kappa shape index (κ1) is 22.0. The van der Waals surface area contributed by atoms with Crippen molar-refractivity contribution in [2.45, 2.75) is 4.90 Å². The molecule has 29 heavy (non-hydrogen) atoms. The molecule has 0 amide bonds. The SMILES string of the molecule is COC(=O)c1ccc(F)c(S(=O)(=O)Nc2cc(OC)c(OC)cc2C(=O)OC)c1. The highest BCUT2D eigenvalue weighted by Gasteiger charge is 2.25. The summed E-state index contributed by atoms with van der Waals surface area (Å²) >= 11 is 0. The number of nitrogens with one attached hydrogen (secondary N) is 1. The van der Waals surface area contributed by atoms with E-state index in [1.807, 2.05) is 0 Å². The van der Waals surface area contributed by atoms with Crippen LogP contribution >= 0.6 is 0 Å². The highest BCUT2D eigenvalue weighted by Crippen LogP contribution is 2.35. The van der Waals surface area contributed by atoms with Gasteiger partial charge in [0.05, 0.1) is 45.3 Å². The van der Waals surface area contributed by atoms with Crippen LogP contribution in [0.3, 0.4) is 0 Å². The van der Waals surface area contributed by atoms with E-state index in [2.05, 4.69) is 14.2 Å². The number of anilines is 1. The van der Waals surface area contributed by atoms with Crippen LogP contribution < -0.4 is 14.2 Å². The van der Waals surface area contributed by atoms with E-state index in [4.69, 9.17) is 9.47 Å². The van der Waals surface area contributed by atoms with Crippen LogP contribution in [0.15, 0.2) is 35.2 Å². The lowest BCUT2D eigenvalue weighted by molar-refractivity contribution is 0.0592. The van der Waals surface area contributed by atoms with Gasteiger partial charge in [-0.25, -0.2) is 22.4 Å². The third-order valence-corrected chi connectivity index (χ3v) is 5.20. The summed E-state index contributed by atoms with van der Waals surface area (Å²) in [7, 11) is 0.298. The molecule has 0 atom stereocenters. The zero-order valence-electron chi connectivity index (χ0n) is 15.9. The molecule has 0 radical (unpaired) electrons. The summed E-state index contributed by atoms with van der Waals surface area (Å²) in [6.45, 7) is 0. The smallest absolute Gasteiger partial charge is 0.340 e. The second-order valence-electron chi connectivity index (χ2n) is 5.49. The number of benzene rings is 2. The summed E-state index contributed by atoms with van der Waals surface area (Å²) in [4.78, 5) is 22.9. The van der Waals surface area contributed by atoms with Crippen molar-refractivity contribution in [2.75, 3.05) is 33.2 Å². The Morgan fingerprint density at radius 1 is 0.897 bits per heavy atom. The van der Waals surface area contributed by atoms with Crippen molar-refractivity contribution < 1.29 is 41.3 Å². The molecule has 2 rings (SSSR count). The molecule has 0 aliphatic carbocycles. The lowest BCUT2D eigenvalue weighted by Crippen LogP contribution is -2.18. The topological polar surface area (TPSA) is 117 Å². The highest BCUT2D eigenvalue weighted by atomic mass is 32.2. The van der Waals surface area contributed by atoms with Gasteiger partial charge in [-0.15, -0.1) is 0 Å². The Bertz CT molecular complexity index is 1050. The summed E-state index contributed by atoms with van der Waals surface area (Å²) in [5.41, 5.74) is -0.606. The Morgan fingerprint density at radius 3 is 2.03 bits per heavy atom. The lowest BCUT2D eigenvalue weighted by Gasteiger charge is -2.16. The molecule has 0 aromatic heterocycles. The third-order valence-electron chi connectivity index (χ3n) is 3.82. The van der Waals surface area contributed by atoms with Crippen molar-refractivity contribution in [3.63, 3.8) is 0 Å². The largest absolute Gasteiger partial charge is 0.493 e. The van der Waals surface area contributed by atoms with E-state index in [0.29, 0.717) is 0 Å². The lowest BCUT2D eigenvalue weighted by atomic mass is 10.1. The highest BCUT2D eigenvalue weighted by molar-refractivity contribution is 7.92. The summed E-state index contributed by atoms with van der Waals surface area (Å²) in [6.07, 6.45) is 0. The number of methoxy groups -OCH3 is 4. The van der Waals surface area contributed by atoms with Gasteiger partial charge in [0.25, 0.3) is 10.0 Å². The van der Waals surface area contributed by atoms with E-state index >= 15 is 0 Å². The fraction of sp³-hybridized carbons (Fsp3) is 0.222. The molecular weight excluding hydrogens is 409 g/mol. The number of esters is 2. The minimum atomic E-state index is -4.55. The minimum absolute atomic E-state index is 0.113. The van der Waals surface area contributed by atoms with E-state index in [1.54, 1.807) is 0 Å². The summed E-state index contributed by atoms with van der Waals surface area (Å²) in [6, 6.07) is 5.11. The fourth-order valence-corrected chi connectivity index (χ4v) is 3.57. The van der Waals surface area contributed by atoms with Crippen LogP contribution in [0.5, 0.6) is 11.5 Å². The molecule has 0 unspecified atom stereocenters. The molecule has 0 aliphatic rings. The van der Waals surface area contributed by atoms with Crippen LogP contribution in [-0.4, -0.2) is 48.8 Å². The average Bonchev–Trinajstić information content (AvgIpc) is 2.72. The Kier molecular flexibility index (Phi) is 6.64. The standard InChI is InChI=1S/C18H18FNO8S/c1-25-14-8-11(18(22)28-4)13(9-15(14)26-2)20-29(23,24)16-7-10(17(21)27-3)5-6-12(16)19/h5-9,20H,1-4H3. The minimum Gasteiger partial charge on any atom is -0.493 e. The molecule has 0 bridgehead atoms. The molecule has 2 aromatic rings. The number of rotatable bonds is 7. The van der Waals surface area contributed by atoms with Gasteiger partial charge in [0, 0.05) is 12.1 Å². The molecule has 0 aliphatic heterocycles. The van der Waals surface area contributed by atoms with Gasteiger partial charge in [0.15, 0.2) is 11.5 Å². The normalized spacial score (nSPS) is 10.8. The van der Waals surface area contributed by atoms with Crippen LogP contribution in [0, 0.1) is 5.82 Å². The number of sulfonamides is 1. The van der Waals surface area contributed by atoms with E-state index < -0.39 is 32.7 Å². The van der Waals surface area contributed by atoms with E-state index in [9.17, 15) is 22.4 Å². The van der Waals surface area contributed by atoms with Gasteiger partial charge >= 0.3 is 11.9 Å². The molecule has 0 saturated carbocycles. The molecule has 0 fully saturated rings. The number of hydrogen-bond acceptors (Lipinski definition) is 8. The van der Waals surface area contributed by atoms with Crippen LogP contribution in [0.25, 0.3) is 0 Å². The Hall–Kier alpha value is -3.34. The van der Waals surface area contributed by atoms with Gasteiger partial charge in [-0.3, -0.25) is 4.72 Å². The van der Waals surface area contributed by atoms with Gasteiger partial charge in [0.1, 0.15) is 10.7 Å². The molecular formula is C18H18FNO8S. The van der Waals surface area contributed by atoms with Gasteiger partial charge < -0.3 is 18.9 Å². The molecule has 11 heteroatoms. The van der Waals surface area contributed by atoms with E-state index in [-0.39, 0.29) is 28.3 Å². The first-order valence-corrected chi connectivity index (χ1v) is 9.41. The number of hydrogen-bond donors (Lipinski definition) is 1. The Morgan fingerprint density at radius 2 is 1.48 bits per heavy atom. The van der Waals surface area contributed by atoms with Crippen molar-refractivity contribution >= 4 is 27.6 Å². The molecule has 156 valence electrons. The Labute approximate surface area is 166 Å². The summed E-state index contributed by atoms with van der Waals surface area (Å²) in [5, 5.41) is 0. The zero-order valence-corrected chi connectivity index (χ0v) is 16.8. The van der Waals surface area contributed by atoms with Crippen LogP contribution in [0.1, 0.15) is 20.7 Å². The maximum absolute atomic E-state index is 14.2. The maximum Gasteiger partial charge on any atom is 0.340 e. The van der Waals surface area contributed by atoms with Crippen LogP contribution in [0.4, 0.5) is 10.1 Å². The van der Waals surface area contributed by atoms with Gasteiger partial charge in [0.2, 0.25) is 0 Å². The molecule has 1 N–H and O–H groups in total. The van der Waals surface area contributed by atoms with Gasteiger partial charge in [-0.05, 0) is 18.2 Å². The quantitative estimate of drug-likeness (QED) is 0.669. The molecule has 0 heterocycles. The Balaban J connectivity index is 2.60. The molecule has 0 saturated heterocycles. The predicted octanol–water partition coefficient (Wildman–Crippen LogP) is 2.22. The van der Waals surface area contributed by atoms with E-state index in [1.165, 1.54) is 26.4 Å². The molecule has 0 spiro atoms. The van der Waals surface area contributed by atoms with E-state index in [0.717, 1.165) is 32.4 Å². The van der Waals surface area contributed by atoms with Crippen molar-refractivity contribution in [3.05, 3.63) is 47.3 Å². The number of ether oxygens (including phenoxy) is 4. The van der Waals surface area contributed by atoms with Crippen molar-refractivity contribution in [1.82, 2.24) is 0 Å².